The summed E-state index contributed by atoms with van der Waals surface area (Å²) in [4.78, 5) is 0. The molecule has 1 atom stereocenters. The Hall–Kier alpha value is -1.64. The molecule has 3 rings (SSSR count). The highest BCUT2D eigenvalue weighted by atomic mass is 32.1. The highest BCUT2D eigenvalue weighted by Gasteiger charge is 2.16. The number of thiophene rings is 1. The van der Waals surface area contributed by atoms with Gasteiger partial charge in [0.2, 0.25) is 0 Å². The highest BCUT2D eigenvalue weighted by Crippen LogP contribution is 2.34. The molecule has 1 heterocycles. The van der Waals surface area contributed by atoms with Crippen molar-refractivity contribution in [1.29, 1.82) is 0 Å². The maximum atomic E-state index is 10.7. The summed E-state index contributed by atoms with van der Waals surface area (Å²) >= 11 is 1.69. The van der Waals surface area contributed by atoms with Crippen molar-refractivity contribution in [2.24, 2.45) is 0 Å². The largest absolute Gasteiger partial charge is 0.384 e. The molecule has 96 valence electrons. The van der Waals surface area contributed by atoms with Gasteiger partial charge < -0.3 is 5.11 Å². The van der Waals surface area contributed by atoms with Crippen LogP contribution < -0.4 is 0 Å². The van der Waals surface area contributed by atoms with Gasteiger partial charge >= 0.3 is 0 Å². The van der Waals surface area contributed by atoms with Crippen LogP contribution in [0.4, 0.5) is 0 Å². The Balaban J connectivity index is 2.10. The normalized spacial score (nSPS) is 12.8. The molecular weight excluding hydrogens is 252 g/mol. The molecule has 0 spiro atoms. The topological polar surface area (TPSA) is 20.2 Å². The molecule has 0 radical (unpaired) electrons. The molecule has 0 amide bonds. The number of hydrogen-bond acceptors (Lipinski definition) is 2. The van der Waals surface area contributed by atoms with E-state index in [9.17, 15) is 5.11 Å². The van der Waals surface area contributed by atoms with Crippen LogP contribution in [0.5, 0.6) is 0 Å². The molecule has 1 nitrogen and oxygen atoms in total. The minimum absolute atomic E-state index is 0.545. The van der Waals surface area contributed by atoms with Crippen molar-refractivity contribution in [3.8, 4) is 0 Å². The third-order valence-corrected chi connectivity index (χ3v) is 4.51. The molecule has 0 aliphatic carbocycles. The van der Waals surface area contributed by atoms with Crippen LogP contribution in [0, 0.1) is 13.8 Å². The molecule has 1 N–H and O–H groups in total. The first kappa shape index (κ1) is 12.4. The molecular formula is C17H16OS. The molecule has 0 aliphatic rings. The summed E-state index contributed by atoms with van der Waals surface area (Å²) in [6.07, 6.45) is -0.545. The Morgan fingerprint density at radius 2 is 1.79 bits per heavy atom. The molecule has 0 fully saturated rings. The molecule has 1 unspecified atom stereocenters. The number of aliphatic hydroxyl groups excluding tert-OH is 1. The Morgan fingerprint density at radius 3 is 2.58 bits per heavy atom. The van der Waals surface area contributed by atoms with Crippen molar-refractivity contribution in [1.82, 2.24) is 0 Å². The molecule has 1 aromatic heterocycles. The maximum absolute atomic E-state index is 10.7. The van der Waals surface area contributed by atoms with E-state index >= 15 is 0 Å². The second-order valence-corrected chi connectivity index (χ2v) is 5.86. The zero-order valence-electron chi connectivity index (χ0n) is 11.1. The van der Waals surface area contributed by atoms with Gasteiger partial charge in [-0.25, -0.2) is 0 Å². The Morgan fingerprint density at radius 1 is 1.00 bits per heavy atom. The van der Waals surface area contributed by atoms with Gasteiger partial charge in [0.25, 0.3) is 0 Å². The first-order valence-corrected chi connectivity index (χ1v) is 7.26. The molecule has 19 heavy (non-hydrogen) atoms. The van der Waals surface area contributed by atoms with Crippen LogP contribution in [-0.2, 0) is 0 Å². The van der Waals surface area contributed by atoms with Gasteiger partial charge in [-0.1, -0.05) is 42.0 Å². The molecule has 2 aromatic carbocycles. The summed E-state index contributed by atoms with van der Waals surface area (Å²) in [7, 11) is 0. The molecule has 0 aliphatic heterocycles. The smallest absolute Gasteiger partial charge is 0.106 e. The van der Waals surface area contributed by atoms with Crippen LogP contribution >= 0.6 is 11.3 Å². The minimum atomic E-state index is -0.545. The second-order valence-electron chi connectivity index (χ2n) is 4.95. The summed E-state index contributed by atoms with van der Waals surface area (Å²) < 4.78 is 1.22. The van der Waals surface area contributed by atoms with Crippen LogP contribution in [0.2, 0.25) is 0 Å². The van der Waals surface area contributed by atoms with Crippen molar-refractivity contribution < 1.29 is 5.11 Å². The Labute approximate surface area is 117 Å². The van der Waals surface area contributed by atoms with E-state index in [0.29, 0.717) is 0 Å². The predicted molar refractivity (Wildman–Crippen MR) is 81.8 cm³/mol. The number of benzene rings is 2. The SMILES string of the molecule is Cc1ccc(C(O)c2csc3ccccc23)c(C)c1. The number of fused-ring (bicyclic) bond motifs is 1. The lowest BCUT2D eigenvalue weighted by Gasteiger charge is -2.14. The van der Waals surface area contributed by atoms with E-state index in [1.807, 2.05) is 18.2 Å². The molecule has 2 heteroatoms. The van der Waals surface area contributed by atoms with Gasteiger partial charge in [0.05, 0.1) is 0 Å². The summed E-state index contributed by atoms with van der Waals surface area (Å²) in [5.74, 6) is 0. The molecule has 0 bridgehead atoms. The number of rotatable bonds is 2. The third-order valence-electron chi connectivity index (χ3n) is 3.53. The van der Waals surface area contributed by atoms with Gasteiger partial charge in [-0.05, 0) is 41.8 Å². The van der Waals surface area contributed by atoms with Crippen LogP contribution in [-0.4, -0.2) is 5.11 Å². The van der Waals surface area contributed by atoms with Crippen molar-refractivity contribution in [2.45, 2.75) is 20.0 Å². The summed E-state index contributed by atoms with van der Waals surface area (Å²) in [6.45, 7) is 4.13. The average Bonchev–Trinajstić information content (AvgIpc) is 2.82. The van der Waals surface area contributed by atoms with E-state index in [4.69, 9.17) is 0 Å². The quantitative estimate of drug-likeness (QED) is 0.720. The van der Waals surface area contributed by atoms with Crippen LogP contribution in [0.15, 0.2) is 47.8 Å². The lowest BCUT2D eigenvalue weighted by molar-refractivity contribution is 0.221. The lowest BCUT2D eigenvalue weighted by atomic mass is 9.96. The standard InChI is InChI=1S/C17H16OS/c1-11-7-8-13(12(2)9-11)17(18)15-10-19-16-6-4-3-5-14(15)16/h3-10,17-18H,1-2H3. The van der Waals surface area contributed by atoms with Gasteiger partial charge in [-0.15, -0.1) is 11.3 Å². The number of aliphatic hydroxyl groups is 1. The van der Waals surface area contributed by atoms with Crippen LogP contribution in [0.25, 0.3) is 10.1 Å². The summed E-state index contributed by atoms with van der Waals surface area (Å²) in [6, 6.07) is 14.4. The van der Waals surface area contributed by atoms with E-state index in [0.717, 1.165) is 22.1 Å². The van der Waals surface area contributed by atoms with Gasteiger partial charge in [0.15, 0.2) is 0 Å². The van der Waals surface area contributed by atoms with Gasteiger partial charge in [-0.3, -0.25) is 0 Å². The highest BCUT2D eigenvalue weighted by molar-refractivity contribution is 7.17. The van der Waals surface area contributed by atoms with Gasteiger partial charge in [0, 0.05) is 10.3 Å². The second kappa shape index (κ2) is 4.80. The molecule has 0 saturated carbocycles. The van der Waals surface area contributed by atoms with E-state index in [1.54, 1.807) is 11.3 Å². The first-order chi connectivity index (χ1) is 9.16. The van der Waals surface area contributed by atoms with Gasteiger partial charge in [-0.2, -0.15) is 0 Å². The zero-order valence-corrected chi connectivity index (χ0v) is 11.9. The van der Waals surface area contributed by atoms with Crippen molar-refractivity contribution >= 4 is 21.4 Å². The first-order valence-electron chi connectivity index (χ1n) is 6.38. The molecule has 0 saturated heterocycles. The van der Waals surface area contributed by atoms with E-state index in [2.05, 4.69) is 43.5 Å². The van der Waals surface area contributed by atoms with E-state index in [1.165, 1.54) is 10.3 Å². The molecule has 3 aromatic rings. The monoisotopic (exact) mass is 268 g/mol. The predicted octanol–water partition coefficient (Wildman–Crippen LogP) is 4.60. The summed E-state index contributed by atoms with van der Waals surface area (Å²) in [5, 5.41) is 13.9. The summed E-state index contributed by atoms with van der Waals surface area (Å²) in [5.41, 5.74) is 4.37. The van der Waals surface area contributed by atoms with Crippen LogP contribution in [0.3, 0.4) is 0 Å². The third kappa shape index (κ3) is 2.18. The van der Waals surface area contributed by atoms with E-state index < -0.39 is 6.10 Å². The van der Waals surface area contributed by atoms with Crippen molar-refractivity contribution in [3.05, 3.63) is 70.1 Å². The fourth-order valence-corrected chi connectivity index (χ4v) is 3.49. The average molecular weight is 268 g/mol. The zero-order chi connectivity index (χ0) is 13.4. The minimum Gasteiger partial charge on any atom is -0.384 e. The number of hydrogen-bond donors (Lipinski definition) is 1. The van der Waals surface area contributed by atoms with Crippen LogP contribution in [0.1, 0.15) is 28.4 Å². The number of aryl methyl sites for hydroxylation is 2. The lowest BCUT2D eigenvalue weighted by Crippen LogP contribution is -2.01. The maximum Gasteiger partial charge on any atom is 0.106 e. The van der Waals surface area contributed by atoms with Crippen molar-refractivity contribution in [3.63, 3.8) is 0 Å². The van der Waals surface area contributed by atoms with Gasteiger partial charge in [0.1, 0.15) is 6.10 Å². The van der Waals surface area contributed by atoms with E-state index in [-0.39, 0.29) is 0 Å². The van der Waals surface area contributed by atoms with Crippen molar-refractivity contribution in [2.75, 3.05) is 0 Å². The Kier molecular flexibility index (Phi) is 3.13. The Bertz CT molecular complexity index is 727. The fourth-order valence-electron chi connectivity index (χ4n) is 2.51. The fraction of sp³-hybridized carbons (Fsp3) is 0.176.